The van der Waals surface area contributed by atoms with Crippen LogP contribution < -0.4 is 16.2 Å². The molecule has 0 aliphatic carbocycles. The minimum absolute atomic E-state index is 0.166. The molecule has 1 aromatic carbocycles. The van der Waals surface area contributed by atoms with Crippen LogP contribution >= 0.6 is 11.6 Å². The van der Waals surface area contributed by atoms with E-state index in [0.29, 0.717) is 22.0 Å². The van der Waals surface area contributed by atoms with Gasteiger partial charge in [-0.15, -0.1) is 0 Å². The average molecular weight is 320 g/mol. The number of hydrogen-bond donors (Lipinski definition) is 2. The van der Waals surface area contributed by atoms with Crippen molar-refractivity contribution in [2.24, 2.45) is 7.05 Å². The fourth-order valence-electron chi connectivity index (χ4n) is 1.95. The van der Waals surface area contributed by atoms with Crippen molar-refractivity contribution in [1.29, 1.82) is 0 Å². The van der Waals surface area contributed by atoms with Crippen LogP contribution in [-0.2, 0) is 7.05 Å². The number of amides is 1. The number of rotatable bonds is 4. The molecule has 0 spiro atoms. The molecule has 0 fully saturated rings. The third kappa shape index (κ3) is 3.68. The molecule has 0 saturated heterocycles. The second kappa shape index (κ2) is 6.66. The second-order valence-electron chi connectivity index (χ2n) is 5.28. The van der Waals surface area contributed by atoms with Crippen LogP contribution in [0.4, 0.5) is 11.4 Å². The lowest BCUT2D eigenvalue weighted by atomic mass is 10.2. The quantitative estimate of drug-likeness (QED) is 0.910. The van der Waals surface area contributed by atoms with Gasteiger partial charge in [-0.2, -0.15) is 0 Å². The molecular weight excluding hydrogens is 302 g/mol. The summed E-state index contributed by atoms with van der Waals surface area (Å²) >= 11 is 6.18. The van der Waals surface area contributed by atoms with Crippen molar-refractivity contribution >= 4 is 28.9 Å². The number of aromatic nitrogens is 1. The maximum Gasteiger partial charge on any atom is 0.255 e. The van der Waals surface area contributed by atoms with Gasteiger partial charge in [-0.05, 0) is 32.0 Å². The lowest BCUT2D eigenvalue weighted by Gasteiger charge is -2.17. The van der Waals surface area contributed by atoms with Crippen molar-refractivity contribution in [2.45, 2.75) is 19.9 Å². The summed E-state index contributed by atoms with van der Waals surface area (Å²) in [4.78, 5) is 23.9. The summed E-state index contributed by atoms with van der Waals surface area (Å²) in [6, 6.07) is 8.33. The zero-order valence-corrected chi connectivity index (χ0v) is 13.4. The molecule has 0 saturated carbocycles. The number of benzene rings is 1. The minimum Gasteiger partial charge on any atom is -0.380 e. The van der Waals surface area contributed by atoms with Gasteiger partial charge in [-0.25, -0.2) is 0 Å². The predicted octanol–water partition coefficient (Wildman–Crippen LogP) is 3.11. The molecular formula is C16H18ClN3O2. The van der Waals surface area contributed by atoms with Gasteiger partial charge >= 0.3 is 0 Å². The van der Waals surface area contributed by atoms with Gasteiger partial charge in [0.05, 0.1) is 16.4 Å². The number of nitrogens with one attached hydrogen (secondary N) is 2. The Morgan fingerprint density at radius 3 is 2.64 bits per heavy atom. The molecule has 2 aromatic rings. The lowest BCUT2D eigenvalue weighted by molar-refractivity contribution is 0.102. The normalized spacial score (nSPS) is 10.6. The lowest BCUT2D eigenvalue weighted by Crippen LogP contribution is -2.21. The fourth-order valence-corrected chi connectivity index (χ4v) is 2.18. The molecule has 116 valence electrons. The maximum atomic E-state index is 12.3. The van der Waals surface area contributed by atoms with E-state index in [1.54, 1.807) is 37.5 Å². The molecule has 0 unspecified atom stereocenters. The van der Waals surface area contributed by atoms with Crippen molar-refractivity contribution in [3.05, 3.63) is 57.5 Å². The number of nitrogens with zero attached hydrogens (tertiary/aromatic N) is 1. The SMILES string of the molecule is CC(C)Nc1c(Cl)cccc1NC(=O)c1ccn(C)c(=O)c1. The van der Waals surface area contributed by atoms with Crippen molar-refractivity contribution in [2.75, 3.05) is 10.6 Å². The fraction of sp³-hybridized carbons (Fsp3) is 0.250. The molecule has 5 nitrogen and oxygen atoms in total. The number of carbonyl (C=O) groups excluding carboxylic acids is 1. The third-order valence-electron chi connectivity index (χ3n) is 3.06. The topological polar surface area (TPSA) is 63.1 Å². The van der Waals surface area contributed by atoms with Gasteiger partial charge in [0, 0.05) is 30.9 Å². The van der Waals surface area contributed by atoms with Gasteiger partial charge < -0.3 is 15.2 Å². The van der Waals surface area contributed by atoms with Crippen molar-refractivity contribution in [3.8, 4) is 0 Å². The summed E-state index contributed by atoms with van der Waals surface area (Å²) in [5, 5.41) is 6.52. The maximum absolute atomic E-state index is 12.3. The van der Waals surface area contributed by atoms with E-state index in [-0.39, 0.29) is 17.5 Å². The van der Waals surface area contributed by atoms with Gasteiger partial charge in [0.25, 0.3) is 11.5 Å². The Balaban J connectivity index is 2.30. The van der Waals surface area contributed by atoms with Gasteiger partial charge in [-0.1, -0.05) is 17.7 Å². The Labute approximate surface area is 133 Å². The van der Waals surface area contributed by atoms with E-state index < -0.39 is 0 Å². The Hall–Kier alpha value is -2.27. The Bertz CT molecular complexity index is 753. The molecule has 0 bridgehead atoms. The van der Waals surface area contributed by atoms with Crippen LogP contribution in [0.15, 0.2) is 41.3 Å². The van der Waals surface area contributed by atoms with Crippen LogP contribution in [0.25, 0.3) is 0 Å². The molecule has 0 radical (unpaired) electrons. The summed E-state index contributed by atoms with van der Waals surface area (Å²) in [5.74, 6) is -0.355. The van der Waals surface area contributed by atoms with E-state index >= 15 is 0 Å². The first-order valence-corrected chi connectivity index (χ1v) is 7.29. The van der Waals surface area contributed by atoms with Crippen molar-refractivity contribution in [3.63, 3.8) is 0 Å². The molecule has 0 aliphatic rings. The Morgan fingerprint density at radius 1 is 1.27 bits per heavy atom. The molecule has 6 heteroatoms. The molecule has 22 heavy (non-hydrogen) atoms. The van der Waals surface area contributed by atoms with Gasteiger partial charge in [0.1, 0.15) is 0 Å². The van der Waals surface area contributed by atoms with Gasteiger partial charge in [0.15, 0.2) is 0 Å². The number of anilines is 2. The molecule has 1 heterocycles. The van der Waals surface area contributed by atoms with E-state index in [4.69, 9.17) is 11.6 Å². The van der Waals surface area contributed by atoms with Crippen molar-refractivity contribution in [1.82, 2.24) is 4.57 Å². The van der Waals surface area contributed by atoms with Crippen LogP contribution in [0, 0.1) is 0 Å². The van der Waals surface area contributed by atoms with Crippen molar-refractivity contribution < 1.29 is 4.79 Å². The Morgan fingerprint density at radius 2 is 2.00 bits per heavy atom. The number of hydrogen-bond acceptors (Lipinski definition) is 3. The molecule has 2 rings (SSSR count). The van der Waals surface area contributed by atoms with Gasteiger partial charge in [0.2, 0.25) is 0 Å². The molecule has 0 aliphatic heterocycles. The summed E-state index contributed by atoms with van der Waals surface area (Å²) in [7, 11) is 1.63. The number of para-hydroxylation sites is 1. The third-order valence-corrected chi connectivity index (χ3v) is 3.38. The van der Waals surface area contributed by atoms with Crippen LogP contribution in [0.2, 0.25) is 5.02 Å². The number of halogens is 1. The number of carbonyl (C=O) groups is 1. The van der Waals surface area contributed by atoms with Crippen LogP contribution in [0.3, 0.4) is 0 Å². The second-order valence-corrected chi connectivity index (χ2v) is 5.69. The van der Waals surface area contributed by atoms with Crippen LogP contribution in [0.1, 0.15) is 24.2 Å². The van der Waals surface area contributed by atoms with Crippen LogP contribution in [0.5, 0.6) is 0 Å². The molecule has 1 amide bonds. The zero-order chi connectivity index (χ0) is 16.3. The summed E-state index contributed by atoms with van der Waals surface area (Å²) in [6.07, 6.45) is 1.56. The highest BCUT2D eigenvalue weighted by Crippen LogP contribution is 2.31. The highest BCUT2D eigenvalue weighted by molar-refractivity contribution is 6.34. The number of pyridine rings is 1. The smallest absolute Gasteiger partial charge is 0.255 e. The predicted molar refractivity (Wildman–Crippen MR) is 89.8 cm³/mol. The average Bonchev–Trinajstić information content (AvgIpc) is 2.45. The summed E-state index contributed by atoms with van der Waals surface area (Å²) in [6.45, 7) is 3.96. The number of aryl methyl sites for hydroxylation is 1. The molecule has 2 N–H and O–H groups in total. The summed E-state index contributed by atoms with van der Waals surface area (Å²) < 4.78 is 1.40. The highest BCUT2D eigenvalue weighted by Gasteiger charge is 2.13. The van der Waals surface area contributed by atoms with E-state index in [2.05, 4.69) is 10.6 Å². The molecule has 0 atom stereocenters. The largest absolute Gasteiger partial charge is 0.380 e. The zero-order valence-electron chi connectivity index (χ0n) is 12.7. The monoisotopic (exact) mass is 319 g/mol. The summed E-state index contributed by atoms with van der Waals surface area (Å²) in [5.41, 5.74) is 1.31. The first kappa shape index (κ1) is 16.1. The van der Waals surface area contributed by atoms with Crippen LogP contribution in [-0.4, -0.2) is 16.5 Å². The van der Waals surface area contributed by atoms with E-state index in [1.807, 2.05) is 13.8 Å². The minimum atomic E-state index is -0.355. The first-order valence-electron chi connectivity index (χ1n) is 6.91. The van der Waals surface area contributed by atoms with E-state index in [0.717, 1.165) is 0 Å². The first-order chi connectivity index (χ1) is 10.4. The van der Waals surface area contributed by atoms with E-state index in [1.165, 1.54) is 10.6 Å². The standard InChI is InChI=1S/C16H18ClN3O2/c1-10(2)18-15-12(17)5-4-6-13(15)19-16(22)11-7-8-20(3)14(21)9-11/h4-10,18H,1-3H3,(H,19,22). The molecule has 1 aromatic heterocycles. The van der Waals surface area contributed by atoms with E-state index in [9.17, 15) is 9.59 Å². The Kier molecular flexibility index (Phi) is 4.88. The van der Waals surface area contributed by atoms with Gasteiger partial charge in [-0.3, -0.25) is 9.59 Å². The highest BCUT2D eigenvalue weighted by atomic mass is 35.5.